The molecular weight excluding hydrogens is 340 g/mol. The van der Waals surface area contributed by atoms with Crippen molar-refractivity contribution in [1.82, 2.24) is 5.43 Å². The Morgan fingerprint density at radius 3 is 2.59 bits per heavy atom. The van der Waals surface area contributed by atoms with E-state index < -0.39 is 0 Å². The van der Waals surface area contributed by atoms with E-state index in [1.165, 1.54) is 0 Å². The summed E-state index contributed by atoms with van der Waals surface area (Å²) in [5, 5.41) is 6.19. The molecule has 0 aliphatic carbocycles. The van der Waals surface area contributed by atoms with Crippen LogP contribution in [0.3, 0.4) is 0 Å². The van der Waals surface area contributed by atoms with Gasteiger partial charge in [-0.1, -0.05) is 55.5 Å². The number of hydrogen-bond acceptors (Lipinski definition) is 4. The Bertz CT molecular complexity index is 923. The van der Waals surface area contributed by atoms with Crippen molar-refractivity contribution in [2.24, 2.45) is 5.10 Å². The molecule has 1 amide bonds. The van der Waals surface area contributed by atoms with Crippen LogP contribution in [0.5, 0.6) is 11.5 Å². The number of carbonyl (C=O) groups excluding carboxylic acids is 1. The molecule has 138 valence electrons. The number of para-hydroxylation sites is 1. The Balaban J connectivity index is 1.69. The lowest BCUT2D eigenvalue weighted by Gasteiger charge is -2.11. The minimum Gasteiger partial charge on any atom is -0.493 e. The summed E-state index contributed by atoms with van der Waals surface area (Å²) in [4.78, 5) is 11.9. The van der Waals surface area contributed by atoms with E-state index in [0.29, 0.717) is 12.4 Å². The van der Waals surface area contributed by atoms with Gasteiger partial charge in [-0.25, -0.2) is 5.43 Å². The maximum absolute atomic E-state index is 11.9. The lowest BCUT2D eigenvalue weighted by atomic mass is 10.0. The van der Waals surface area contributed by atoms with Gasteiger partial charge in [0.15, 0.2) is 6.61 Å². The Morgan fingerprint density at radius 2 is 1.78 bits per heavy atom. The maximum atomic E-state index is 11.9. The molecule has 0 heterocycles. The smallest absolute Gasteiger partial charge is 0.277 e. The fourth-order valence-electron chi connectivity index (χ4n) is 2.61. The summed E-state index contributed by atoms with van der Waals surface area (Å²) >= 11 is 0. The molecule has 3 aromatic rings. The average molecular weight is 362 g/mol. The molecule has 5 heteroatoms. The Kier molecular flexibility index (Phi) is 6.41. The molecule has 0 aliphatic rings. The zero-order valence-electron chi connectivity index (χ0n) is 15.2. The number of benzene rings is 3. The predicted molar refractivity (Wildman–Crippen MR) is 107 cm³/mol. The molecule has 0 unspecified atom stereocenters. The molecule has 0 fully saturated rings. The highest BCUT2D eigenvalue weighted by Gasteiger charge is 2.07. The summed E-state index contributed by atoms with van der Waals surface area (Å²) in [5.41, 5.74) is 3.34. The predicted octanol–water partition coefficient (Wildman–Crippen LogP) is 4.16. The summed E-state index contributed by atoms with van der Waals surface area (Å²) in [6.07, 6.45) is 2.53. The fourth-order valence-corrected chi connectivity index (χ4v) is 2.61. The van der Waals surface area contributed by atoms with E-state index in [1.807, 2.05) is 54.6 Å². The largest absolute Gasteiger partial charge is 0.493 e. The quantitative estimate of drug-likeness (QED) is 0.483. The number of rotatable bonds is 8. The molecule has 0 radical (unpaired) electrons. The molecule has 0 saturated carbocycles. The third-order valence-electron chi connectivity index (χ3n) is 3.89. The molecule has 0 saturated heterocycles. The van der Waals surface area contributed by atoms with Crippen molar-refractivity contribution in [3.8, 4) is 11.5 Å². The number of carbonyl (C=O) groups is 1. The summed E-state index contributed by atoms with van der Waals surface area (Å²) in [7, 11) is 0. The molecule has 3 rings (SSSR count). The first kappa shape index (κ1) is 18.5. The molecule has 0 aliphatic heterocycles. The normalized spacial score (nSPS) is 10.9. The molecule has 1 N–H and O–H groups in total. The second kappa shape index (κ2) is 9.38. The second-order valence-corrected chi connectivity index (χ2v) is 5.94. The van der Waals surface area contributed by atoms with E-state index in [0.717, 1.165) is 28.5 Å². The topological polar surface area (TPSA) is 59.9 Å². The monoisotopic (exact) mass is 362 g/mol. The number of nitrogens with zero attached hydrogens (tertiary/aromatic N) is 1. The van der Waals surface area contributed by atoms with Crippen molar-refractivity contribution in [2.75, 3.05) is 13.2 Å². The molecule has 0 bridgehead atoms. The number of hydrogen-bond donors (Lipinski definition) is 1. The Hall–Kier alpha value is -3.34. The zero-order valence-corrected chi connectivity index (χ0v) is 15.2. The van der Waals surface area contributed by atoms with Crippen molar-refractivity contribution in [3.05, 3.63) is 72.3 Å². The van der Waals surface area contributed by atoms with Crippen LogP contribution in [0.1, 0.15) is 18.9 Å². The van der Waals surface area contributed by atoms with Crippen LogP contribution >= 0.6 is 0 Å². The maximum Gasteiger partial charge on any atom is 0.277 e. The second-order valence-electron chi connectivity index (χ2n) is 5.94. The molecule has 5 nitrogen and oxygen atoms in total. The van der Waals surface area contributed by atoms with E-state index in [1.54, 1.807) is 18.3 Å². The molecule has 27 heavy (non-hydrogen) atoms. The van der Waals surface area contributed by atoms with E-state index in [4.69, 9.17) is 9.47 Å². The van der Waals surface area contributed by atoms with Crippen LogP contribution in [0.25, 0.3) is 10.8 Å². The minimum absolute atomic E-state index is 0.101. The van der Waals surface area contributed by atoms with E-state index in [9.17, 15) is 4.79 Å². The van der Waals surface area contributed by atoms with Crippen molar-refractivity contribution in [1.29, 1.82) is 0 Å². The number of fused-ring (bicyclic) bond motifs is 1. The van der Waals surface area contributed by atoms with Gasteiger partial charge in [-0.3, -0.25) is 4.79 Å². The summed E-state index contributed by atoms with van der Waals surface area (Å²) < 4.78 is 11.2. The number of ether oxygens (including phenoxy) is 2. The van der Waals surface area contributed by atoms with Gasteiger partial charge in [0, 0.05) is 5.56 Å². The number of amides is 1. The Labute approximate surface area is 158 Å². The highest BCUT2D eigenvalue weighted by atomic mass is 16.5. The first-order chi connectivity index (χ1) is 13.3. The fraction of sp³-hybridized carbons (Fsp3) is 0.182. The lowest BCUT2D eigenvalue weighted by molar-refractivity contribution is -0.123. The van der Waals surface area contributed by atoms with Crippen molar-refractivity contribution < 1.29 is 14.3 Å². The summed E-state index contributed by atoms with van der Waals surface area (Å²) in [6, 6.07) is 21.1. The zero-order chi connectivity index (χ0) is 18.9. The summed E-state index contributed by atoms with van der Waals surface area (Å²) in [6.45, 7) is 2.58. The van der Waals surface area contributed by atoms with Gasteiger partial charge < -0.3 is 9.47 Å². The van der Waals surface area contributed by atoms with Crippen LogP contribution in [-0.2, 0) is 4.79 Å². The lowest BCUT2D eigenvalue weighted by Crippen LogP contribution is -2.24. The molecule has 0 atom stereocenters. The van der Waals surface area contributed by atoms with Crippen LogP contribution in [0.4, 0.5) is 0 Å². The third kappa shape index (κ3) is 5.07. The van der Waals surface area contributed by atoms with Gasteiger partial charge in [-0.2, -0.15) is 5.10 Å². The van der Waals surface area contributed by atoms with Gasteiger partial charge in [-0.05, 0) is 35.4 Å². The molecule has 0 aromatic heterocycles. The highest BCUT2D eigenvalue weighted by molar-refractivity contribution is 6.02. The van der Waals surface area contributed by atoms with Crippen LogP contribution in [0.2, 0.25) is 0 Å². The van der Waals surface area contributed by atoms with Gasteiger partial charge in [0.05, 0.1) is 12.8 Å². The molecular formula is C22H22N2O3. The van der Waals surface area contributed by atoms with E-state index in [-0.39, 0.29) is 12.5 Å². The standard InChI is InChI=1S/C22H22N2O3/c1-2-14-26-21-13-12-17-8-6-7-11-19(17)20(21)15-23-24-22(25)16-27-18-9-4-3-5-10-18/h3-13,15H,2,14,16H2,1H3,(H,24,25)/b23-15-. The first-order valence-corrected chi connectivity index (χ1v) is 8.92. The van der Waals surface area contributed by atoms with E-state index >= 15 is 0 Å². The van der Waals surface area contributed by atoms with Gasteiger partial charge in [0.2, 0.25) is 0 Å². The van der Waals surface area contributed by atoms with Crippen LogP contribution in [0.15, 0.2) is 71.8 Å². The first-order valence-electron chi connectivity index (χ1n) is 8.92. The number of hydrazone groups is 1. The molecule has 3 aromatic carbocycles. The highest BCUT2D eigenvalue weighted by Crippen LogP contribution is 2.26. The van der Waals surface area contributed by atoms with Crippen LogP contribution in [0, 0.1) is 0 Å². The van der Waals surface area contributed by atoms with Crippen LogP contribution in [-0.4, -0.2) is 25.3 Å². The van der Waals surface area contributed by atoms with Gasteiger partial charge in [0.1, 0.15) is 11.5 Å². The minimum atomic E-state index is -0.327. The van der Waals surface area contributed by atoms with Gasteiger partial charge in [0.25, 0.3) is 5.91 Å². The van der Waals surface area contributed by atoms with Gasteiger partial charge in [-0.15, -0.1) is 0 Å². The summed E-state index contributed by atoms with van der Waals surface area (Å²) in [5.74, 6) is 1.06. The van der Waals surface area contributed by atoms with E-state index in [2.05, 4.69) is 17.5 Å². The van der Waals surface area contributed by atoms with Gasteiger partial charge >= 0.3 is 0 Å². The third-order valence-corrected chi connectivity index (χ3v) is 3.89. The SMILES string of the molecule is CCCOc1ccc2ccccc2c1/C=N\NC(=O)COc1ccccc1. The molecule has 0 spiro atoms. The van der Waals surface area contributed by atoms with Crippen molar-refractivity contribution in [2.45, 2.75) is 13.3 Å². The van der Waals surface area contributed by atoms with Crippen molar-refractivity contribution in [3.63, 3.8) is 0 Å². The average Bonchev–Trinajstić information content (AvgIpc) is 2.72. The van der Waals surface area contributed by atoms with Crippen LogP contribution < -0.4 is 14.9 Å². The number of nitrogens with one attached hydrogen (secondary N) is 1. The Morgan fingerprint density at radius 1 is 1.00 bits per heavy atom. The van der Waals surface area contributed by atoms with Crippen molar-refractivity contribution >= 4 is 22.9 Å².